The van der Waals surface area contributed by atoms with Crippen LogP contribution < -0.4 is 4.74 Å². The number of aryl methyl sites for hydroxylation is 1. The molecule has 0 radical (unpaired) electrons. The van der Waals surface area contributed by atoms with Crippen LogP contribution in [0.1, 0.15) is 53.0 Å². The molecule has 1 aliphatic rings. The molecule has 3 heteroatoms. The summed E-state index contributed by atoms with van der Waals surface area (Å²) in [6.07, 6.45) is 3.22. The molecule has 0 aliphatic heterocycles. The van der Waals surface area contributed by atoms with Gasteiger partial charge in [-0.15, -0.1) is 0 Å². The molecule has 0 bridgehead atoms. The highest BCUT2D eigenvalue weighted by Gasteiger charge is 2.22. The Kier molecular flexibility index (Phi) is 9.68. The van der Waals surface area contributed by atoms with Gasteiger partial charge in [0.1, 0.15) is 16.6 Å². The van der Waals surface area contributed by atoms with Gasteiger partial charge in [-0.2, -0.15) is 0 Å². The number of benzene rings is 1. The lowest BCUT2D eigenvalue weighted by molar-refractivity contribution is 0.298. The number of hydrogen-bond acceptors (Lipinski definition) is 1. The molecule has 1 fully saturated rings. The van der Waals surface area contributed by atoms with Crippen molar-refractivity contribution in [3.8, 4) is 5.75 Å². The van der Waals surface area contributed by atoms with Crippen LogP contribution in [-0.2, 0) is 6.42 Å². The van der Waals surface area contributed by atoms with Gasteiger partial charge in [0.05, 0.1) is 6.61 Å². The molecule has 19 heavy (non-hydrogen) atoms. The van der Waals surface area contributed by atoms with Crippen molar-refractivity contribution in [2.75, 3.05) is 6.61 Å². The lowest BCUT2D eigenvalue weighted by Crippen LogP contribution is -2.01. The second kappa shape index (κ2) is 10.1. The zero-order valence-electron chi connectivity index (χ0n) is 12.7. The van der Waals surface area contributed by atoms with E-state index in [4.69, 9.17) is 16.3 Å². The standard InChI is InChI=1S/C12H14ClFO.2C2H6/c1-2-8-5-10(14)12(13)11(6-8)15-7-9-3-4-9;2*1-2/h5-6,9H,2-4,7H2,1H3;2*1-2H3. The van der Waals surface area contributed by atoms with Gasteiger partial charge in [0.25, 0.3) is 0 Å². The smallest absolute Gasteiger partial charge is 0.145 e. The SMILES string of the molecule is CC.CC.CCc1cc(F)c(Cl)c(OCC2CC2)c1. The number of halogens is 2. The summed E-state index contributed by atoms with van der Waals surface area (Å²) in [5.41, 5.74) is 0.919. The molecule has 0 aromatic heterocycles. The summed E-state index contributed by atoms with van der Waals surface area (Å²) in [4.78, 5) is 0. The van der Waals surface area contributed by atoms with Gasteiger partial charge < -0.3 is 4.74 Å². The zero-order valence-corrected chi connectivity index (χ0v) is 13.5. The molecule has 0 N–H and O–H groups in total. The van der Waals surface area contributed by atoms with Gasteiger partial charge in [-0.1, -0.05) is 46.2 Å². The summed E-state index contributed by atoms with van der Waals surface area (Å²) in [7, 11) is 0. The summed E-state index contributed by atoms with van der Waals surface area (Å²) in [6.45, 7) is 10.6. The summed E-state index contributed by atoms with van der Waals surface area (Å²) < 4.78 is 18.9. The third-order valence-corrected chi connectivity index (χ3v) is 3.00. The van der Waals surface area contributed by atoms with E-state index in [0.717, 1.165) is 12.0 Å². The molecule has 0 atom stereocenters. The van der Waals surface area contributed by atoms with E-state index >= 15 is 0 Å². The maximum absolute atomic E-state index is 13.4. The highest BCUT2D eigenvalue weighted by molar-refractivity contribution is 6.32. The predicted molar refractivity (Wildman–Crippen MR) is 81.7 cm³/mol. The molecule has 0 spiro atoms. The summed E-state index contributed by atoms with van der Waals surface area (Å²) in [5.74, 6) is 0.747. The van der Waals surface area contributed by atoms with Gasteiger partial charge in [-0.05, 0) is 42.9 Å². The van der Waals surface area contributed by atoms with Gasteiger partial charge in [0.15, 0.2) is 0 Å². The molecule has 1 aliphatic carbocycles. The quantitative estimate of drug-likeness (QED) is 0.672. The molecule has 0 amide bonds. The van der Waals surface area contributed by atoms with Crippen molar-refractivity contribution in [1.29, 1.82) is 0 Å². The molecular formula is C16H26ClFO. The Morgan fingerprint density at radius 1 is 1.21 bits per heavy atom. The van der Waals surface area contributed by atoms with Crippen LogP contribution >= 0.6 is 11.6 Å². The molecular weight excluding hydrogens is 263 g/mol. The maximum Gasteiger partial charge on any atom is 0.145 e. The Balaban J connectivity index is 0.000000741. The molecule has 1 aromatic rings. The monoisotopic (exact) mass is 288 g/mol. The molecule has 0 saturated heterocycles. The molecule has 2 rings (SSSR count). The minimum atomic E-state index is -0.387. The first kappa shape index (κ1) is 18.2. The Labute approximate surface area is 122 Å². The lowest BCUT2D eigenvalue weighted by atomic mass is 10.1. The van der Waals surface area contributed by atoms with Crippen LogP contribution in [0.2, 0.25) is 5.02 Å². The average molecular weight is 289 g/mol. The summed E-state index contributed by atoms with van der Waals surface area (Å²) in [6, 6.07) is 3.29. The highest BCUT2D eigenvalue weighted by atomic mass is 35.5. The predicted octanol–water partition coefficient (Wildman–Crippen LogP) is 5.88. The van der Waals surface area contributed by atoms with Crippen molar-refractivity contribution in [3.05, 3.63) is 28.5 Å². The van der Waals surface area contributed by atoms with Gasteiger partial charge >= 0.3 is 0 Å². The van der Waals surface area contributed by atoms with Crippen molar-refractivity contribution in [2.45, 2.75) is 53.9 Å². The van der Waals surface area contributed by atoms with Crippen LogP contribution in [0.4, 0.5) is 4.39 Å². The lowest BCUT2D eigenvalue weighted by Gasteiger charge is -2.09. The van der Waals surface area contributed by atoms with E-state index in [9.17, 15) is 4.39 Å². The van der Waals surface area contributed by atoms with Crippen molar-refractivity contribution < 1.29 is 9.13 Å². The third kappa shape index (κ3) is 6.29. The van der Waals surface area contributed by atoms with Crippen LogP contribution in [0.25, 0.3) is 0 Å². The van der Waals surface area contributed by atoms with Crippen molar-refractivity contribution in [1.82, 2.24) is 0 Å². The first-order valence-corrected chi connectivity index (χ1v) is 7.69. The minimum absolute atomic E-state index is 0.104. The van der Waals surface area contributed by atoms with E-state index < -0.39 is 0 Å². The normalized spacial score (nSPS) is 12.8. The van der Waals surface area contributed by atoms with E-state index in [1.54, 1.807) is 0 Å². The summed E-state index contributed by atoms with van der Waals surface area (Å²) >= 11 is 5.83. The van der Waals surface area contributed by atoms with Crippen molar-refractivity contribution >= 4 is 11.6 Å². The fraction of sp³-hybridized carbons (Fsp3) is 0.625. The van der Waals surface area contributed by atoms with Gasteiger partial charge in [0.2, 0.25) is 0 Å². The Bertz CT molecular complexity index is 362. The van der Waals surface area contributed by atoms with Gasteiger partial charge in [-0.25, -0.2) is 4.39 Å². The second-order valence-electron chi connectivity index (χ2n) is 4.00. The molecule has 1 aromatic carbocycles. The van der Waals surface area contributed by atoms with Crippen LogP contribution in [0.15, 0.2) is 12.1 Å². The first-order valence-electron chi connectivity index (χ1n) is 7.31. The van der Waals surface area contributed by atoms with Crippen LogP contribution in [0, 0.1) is 11.7 Å². The third-order valence-electron chi connectivity index (χ3n) is 2.63. The minimum Gasteiger partial charge on any atom is -0.492 e. The van der Waals surface area contributed by atoms with Crippen LogP contribution in [0.5, 0.6) is 5.75 Å². The zero-order chi connectivity index (χ0) is 14.8. The Hall–Kier alpha value is -0.760. The molecule has 1 nitrogen and oxygen atoms in total. The van der Waals surface area contributed by atoms with E-state index in [0.29, 0.717) is 18.3 Å². The van der Waals surface area contributed by atoms with Crippen molar-refractivity contribution in [3.63, 3.8) is 0 Å². The fourth-order valence-corrected chi connectivity index (χ4v) is 1.58. The topological polar surface area (TPSA) is 9.23 Å². The number of ether oxygens (including phenoxy) is 1. The molecule has 1 saturated carbocycles. The largest absolute Gasteiger partial charge is 0.492 e. The van der Waals surface area contributed by atoms with Crippen LogP contribution in [-0.4, -0.2) is 6.61 Å². The van der Waals surface area contributed by atoms with E-state index in [1.165, 1.54) is 18.9 Å². The van der Waals surface area contributed by atoms with E-state index in [2.05, 4.69) is 0 Å². The Morgan fingerprint density at radius 2 is 1.79 bits per heavy atom. The fourth-order valence-electron chi connectivity index (χ4n) is 1.42. The maximum atomic E-state index is 13.4. The van der Waals surface area contributed by atoms with Crippen LogP contribution in [0.3, 0.4) is 0 Å². The summed E-state index contributed by atoms with van der Waals surface area (Å²) in [5, 5.41) is 0.104. The molecule has 0 unspecified atom stereocenters. The number of rotatable bonds is 4. The Morgan fingerprint density at radius 3 is 2.26 bits per heavy atom. The van der Waals surface area contributed by atoms with Crippen molar-refractivity contribution in [2.24, 2.45) is 5.92 Å². The van der Waals surface area contributed by atoms with Gasteiger partial charge in [0, 0.05) is 0 Å². The molecule has 110 valence electrons. The van der Waals surface area contributed by atoms with E-state index in [1.807, 2.05) is 40.7 Å². The van der Waals surface area contributed by atoms with E-state index in [-0.39, 0.29) is 10.8 Å². The first-order chi connectivity index (χ1) is 9.20. The molecule has 0 heterocycles. The highest BCUT2D eigenvalue weighted by Crippen LogP contribution is 2.33. The number of hydrogen-bond donors (Lipinski definition) is 0. The average Bonchev–Trinajstić information content (AvgIpc) is 3.29. The second-order valence-corrected chi connectivity index (χ2v) is 4.38. The van der Waals surface area contributed by atoms with Gasteiger partial charge in [-0.3, -0.25) is 0 Å².